The Balaban J connectivity index is 2.37. The van der Waals surface area contributed by atoms with Crippen molar-refractivity contribution in [1.82, 2.24) is 0 Å². The molecular weight excluding hydrogens is 254 g/mol. The van der Waals surface area contributed by atoms with Crippen LogP contribution in [0.3, 0.4) is 0 Å². The van der Waals surface area contributed by atoms with Crippen LogP contribution in [0.5, 0.6) is 0 Å². The molecule has 2 N–H and O–H groups in total. The third-order valence-electron chi connectivity index (χ3n) is 2.26. The van der Waals surface area contributed by atoms with Crippen LogP contribution >= 0.6 is 11.8 Å². The molecule has 2 aromatic carbocycles. The van der Waals surface area contributed by atoms with Crippen molar-refractivity contribution in [2.75, 3.05) is 5.73 Å². The van der Waals surface area contributed by atoms with Crippen LogP contribution in [0.15, 0.2) is 46.2 Å². The van der Waals surface area contributed by atoms with Crippen LogP contribution in [0.4, 0.5) is 14.5 Å². The molecule has 90 valence electrons. The van der Waals surface area contributed by atoms with Crippen molar-refractivity contribution < 1.29 is 8.78 Å². The summed E-state index contributed by atoms with van der Waals surface area (Å²) >= 11 is 1.06. The molecular formula is C13H8F2N2S. The summed E-state index contributed by atoms with van der Waals surface area (Å²) in [6.07, 6.45) is 0. The lowest BCUT2D eigenvalue weighted by Gasteiger charge is -2.06. The molecule has 5 heteroatoms. The molecule has 2 nitrogen and oxygen atoms in total. The van der Waals surface area contributed by atoms with E-state index in [1.807, 2.05) is 6.07 Å². The first-order valence-corrected chi connectivity index (χ1v) is 5.84. The highest BCUT2D eigenvalue weighted by Gasteiger charge is 2.08. The maximum absolute atomic E-state index is 13.5. The Morgan fingerprint density at radius 3 is 2.50 bits per heavy atom. The van der Waals surface area contributed by atoms with E-state index < -0.39 is 11.6 Å². The molecule has 0 amide bonds. The number of benzene rings is 2. The summed E-state index contributed by atoms with van der Waals surface area (Å²) < 4.78 is 26.3. The molecule has 2 rings (SSSR count). The topological polar surface area (TPSA) is 49.8 Å². The Hall–Kier alpha value is -2.06. The van der Waals surface area contributed by atoms with Crippen molar-refractivity contribution in [2.45, 2.75) is 9.79 Å². The van der Waals surface area contributed by atoms with Crippen LogP contribution in [0, 0.1) is 23.0 Å². The van der Waals surface area contributed by atoms with E-state index in [0.717, 1.165) is 17.8 Å². The van der Waals surface area contributed by atoms with Crippen molar-refractivity contribution in [1.29, 1.82) is 5.26 Å². The number of rotatable bonds is 2. The second-order valence-electron chi connectivity index (χ2n) is 3.54. The first kappa shape index (κ1) is 12.4. The van der Waals surface area contributed by atoms with Gasteiger partial charge in [0.15, 0.2) is 0 Å². The average Bonchev–Trinajstić information content (AvgIpc) is 2.35. The lowest BCUT2D eigenvalue weighted by Crippen LogP contribution is -1.90. The van der Waals surface area contributed by atoms with E-state index in [-0.39, 0.29) is 4.90 Å². The minimum atomic E-state index is -0.651. The highest BCUT2D eigenvalue weighted by Crippen LogP contribution is 2.34. The Kier molecular flexibility index (Phi) is 3.49. The summed E-state index contributed by atoms with van der Waals surface area (Å²) in [6.45, 7) is 0. The number of nitrogens with two attached hydrogens (primary N) is 1. The number of anilines is 1. The van der Waals surface area contributed by atoms with Gasteiger partial charge in [-0.2, -0.15) is 5.26 Å². The molecule has 0 fully saturated rings. The van der Waals surface area contributed by atoms with E-state index in [4.69, 9.17) is 11.0 Å². The normalized spacial score (nSPS) is 10.1. The van der Waals surface area contributed by atoms with Gasteiger partial charge in [-0.1, -0.05) is 11.8 Å². The van der Waals surface area contributed by atoms with E-state index in [1.165, 1.54) is 12.1 Å². The predicted molar refractivity (Wildman–Crippen MR) is 66.1 cm³/mol. The van der Waals surface area contributed by atoms with E-state index in [2.05, 4.69) is 0 Å². The minimum absolute atomic E-state index is 0.262. The van der Waals surface area contributed by atoms with Gasteiger partial charge in [0.1, 0.15) is 11.6 Å². The van der Waals surface area contributed by atoms with E-state index in [9.17, 15) is 8.78 Å². The number of halogens is 2. The van der Waals surface area contributed by atoms with Crippen molar-refractivity contribution in [3.05, 3.63) is 53.6 Å². The predicted octanol–water partition coefficient (Wildman–Crippen LogP) is 3.57. The maximum atomic E-state index is 13.5. The lowest BCUT2D eigenvalue weighted by molar-refractivity contribution is 0.566. The molecule has 0 aliphatic rings. The molecule has 0 saturated heterocycles. The summed E-state index contributed by atoms with van der Waals surface area (Å²) in [4.78, 5) is 0.831. The van der Waals surface area contributed by atoms with Crippen LogP contribution in [0.2, 0.25) is 0 Å². The monoisotopic (exact) mass is 262 g/mol. The van der Waals surface area contributed by atoms with Gasteiger partial charge in [0.25, 0.3) is 0 Å². The molecule has 0 aromatic heterocycles. The second-order valence-corrected chi connectivity index (χ2v) is 4.62. The molecule has 0 bridgehead atoms. The highest BCUT2D eigenvalue weighted by molar-refractivity contribution is 7.99. The van der Waals surface area contributed by atoms with Gasteiger partial charge >= 0.3 is 0 Å². The molecule has 0 atom stereocenters. The first-order valence-electron chi connectivity index (χ1n) is 5.02. The molecule has 0 unspecified atom stereocenters. The third-order valence-corrected chi connectivity index (χ3v) is 3.38. The SMILES string of the molecule is N#Cc1ccc(N)c(Sc2ccc(F)cc2F)c1. The fourth-order valence-corrected chi connectivity index (χ4v) is 2.27. The van der Waals surface area contributed by atoms with Crippen molar-refractivity contribution in [2.24, 2.45) is 0 Å². The minimum Gasteiger partial charge on any atom is -0.398 e. The van der Waals surface area contributed by atoms with Gasteiger partial charge < -0.3 is 5.73 Å². The zero-order valence-electron chi connectivity index (χ0n) is 9.15. The summed E-state index contributed by atoms with van der Waals surface area (Å²) in [5, 5.41) is 8.79. The zero-order valence-corrected chi connectivity index (χ0v) is 9.97. The van der Waals surface area contributed by atoms with E-state index in [1.54, 1.807) is 18.2 Å². The molecule has 0 radical (unpaired) electrons. The van der Waals surface area contributed by atoms with E-state index >= 15 is 0 Å². The summed E-state index contributed by atoms with van der Waals surface area (Å²) in [5.41, 5.74) is 6.63. The molecule has 0 aliphatic heterocycles. The van der Waals surface area contributed by atoms with Crippen molar-refractivity contribution >= 4 is 17.4 Å². The van der Waals surface area contributed by atoms with E-state index in [0.29, 0.717) is 16.1 Å². The first-order chi connectivity index (χ1) is 8.60. The van der Waals surface area contributed by atoms with Gasteiger partial charge in [0.2, 0.25) is 0 Å². The van der Waals surface area contributed by atoms with Gasteiger partial charge in [-0.3, -0.25) is 0 Å². The van der Waals surface area contributed by atoms with Gasteiger partial charge in [0, 0.05) is 21.5 Å². The highest BCUT2D eigenvalue weighted by atomic mass is 32.2. The number of nitrogen functional groups attached to an aromatic ring is 1. The van der Waals surface area contributed by atoms with Gasteiger partial charge in [-0.05, 0) is 30.3 Å². The fraction of sp³-hybridized carbons (Fsp3) is 0. The standard InChI is InChI=1S/C13H8F2N2S/c14-9-2-4-12(10(15)6-9)18-13-5-8(7-16)1-3-11(13)17/h1-6H,17H2. The molecule has 18 heavy (non-hydrogen) atoms. The Morgan fingerprint density at radius 1 is 1.06 bits per heavy atom. The molecule has 0 saturated carbocycles. The van der Waals surface area contributed by atoms with Gasteiger partial charge in [-0.15, -0.1) is 0 Å². The molecule has 2 aromatic rings. The maximum Gasteiger partial charge on any atom is 0.140 e. The smallest absolute Gasteiger partial charge is 0.140 e. The number of hydrogen-bond donors (Lipinski definition) is 1. The average molecular weight is 262 g/mol. The van der Waals surface area contributed by atoms with Gasteiger partial charge in [-0.25, -0.2) is 8.78 Å². The molecule has 0 spiro atoms. The van der Waals surface area contributed by atoms with Crippen LogP contribution < -0.4 is 5.73 Å². The molecule has 0 heterocycles. The summed E-state index contributed by atoms with van der Waals surface area (Å²) in [5.74, 6) is -1.28. The summed E-state index contributed by atoms with van der Waals surface area (Å²) in [7, 11) is 0. The Bertz CT molecular complexity index is 635. The van der Waals surface area contributed by atoms with Gasteiger partial charge in [0.05, 0.1) is 11.6 Å². The zero-order chi connectivity index (χ0) is 13.1. The summed E-state index contributed by atoms with van der Waals surface area (Å²) in [6, 6.07) is 10.1. The van der Waals surface area contributed by atoms with Crippen LogP contribution in [-0.2, 0) is 0 Å². The van der Waals surface area contributed by atoms with Crippen LogP contribution in [0.1, 0.15) is 5.56 Å². The Morgan fingerprint density at radius 2 is 1.83 bits per heavy atom. The van der Waals surface area contributed by atoms with Crippen LogP contribution in [0.25, 0.3) is 0 Å². The Labute approximate surface area is 107 Å². The second kappa shape index (κ2) is 5.07. The third kappa shape index (κ3) is 2.60. The quantitative estimate of drug-likeness (QED) is 0.842. The largest absolute Gasteiger partial charge is 0.398 e. The lowest BCUT2D eigenvalue weighted by atomic mass is 10.2. The van der Waals surface area contributed by atoms with Crippen molar-refractivity contribution in [3.8, 4) is 6.07 Å². The number of hydrogen-bond acceptors (Lipinski definition) is 3. The number of nitrogens with zero attached hydrogens (tertiary/aromatic N) is 1. The fourth-order valence-electron chi connectivity index (χ4n) is 1.37. The molecule has 0 aliphatic carbocycles. The van der Waals surface area contributed by atoms with Crippen LogP contribution in [-0.4, -0.2) is 0 Å². The van der Waals surface area contributed by atoms with Crippen molar-refractivity contribution in [3.63, 3.8) is 0 Å². The number of nitriles is 1.